The summed E-state index contributed by atoms with van der Waals surface area (Å²) in [6.07, 6.45) is 0.811. The van der Waals surface area contributed by atoms with Crippen LogP contribution in [0, 0.1) is 10.1 Å². The van der Waals surface area contributed by atoms with Gasteiger partial charge in [0.1, 0.15) is 5.69 Å². The van der Waals surface area contributed by atoms with Gasteiger partial charge in [0, 0.05) is 30.8 Å². The van der Waals surface area contributed by atoms with E-state index in [4.69, 9.17) is 4.74 Å². The van der Waals surface area contributed by atoms with Gasteiger partial charge in [0.2, 0.25) is 0 Å². The average Bonchev–Trinajstić information content (AvgIpc) is 2.62. The first-order valence-corrected chi connectivity index (χ1v) is 6.64. The van der Waals surface area contributed by atoms with E-state index in [0.717, 1.165) is 6.42 Å². The molecule has 1 aromatic rings. The van der Waals surface area contributed by atoms with Gasteiger partial charge < -0.3 is 9.64 Å². The minimum Gasteiger partial charge on any atom is -0.379 e. The van der Waals surface area contributed by atoms with Gasteiger partial charge in [-0.15, -0.1) is 0 Å². The number of Topliss-reactive ketones (excluding diaryl/α,β-unsaturated/α-hetero) is 1. The Bertz CT molecular complexity index is 530. The fourth-order valence-electron chi connectivity index (χ4n) is 2.39. The van der Waals surface area contributed by atoms with Crippen LogP contribution in [0.5, 0.6) is 0 Å². The third-order valence-electron chi connectivity index (χ3n) is 3.47. The highest BCUT2D eigenvalue weighted by Crippen LogP contribution is 2.31. The van der Waals surface area contributed by atoms with Gasteiger partial charge >= 0.3 is 0 Å². The van der Waals surface area contributed by atoms with Crippen LogP contribution in [-0.4, -0.2) is 36.5 Å². The maximum Gasteiger partial charge on any atom is 0.292 e. The highest BCUT2D eigenvalue weighted by molar-refractivity contribution is 5.95. The van der Waals surface area contributed by atoms with E-state index in [-0.39, 0.29) is 17.5 Å². The highest BCUT2D eigenvalue weighted by atomic mass is 16.6. The molecule has 0 radical (unpaired) electrons. The Kier molecular flexibility index (Phi) is 4.34. The number of nitrogens with zero attached hydrogens (tertiary/aromatic N) is 2. The summed E-state index contributed by atoms with van der Waals surface area (Å²) in [6, 6.07) is 4.56. The lowest BCUT2D eigenvalue weighted by Crippen LogP contribution is -2.35. The summed E-state index contributed by atoms with van der Waals surface area (Å²) in [6.45, 7) is 5.29. The van der Waals surface area contributed by atoms with Gasteiger partial charge in [-0.3, -0.25) is 14.9 Å². The van der Waals surface area contributed by atoms with Crippen molar-refractivity contribution < 1.29 is 14.5 Å². The van der Waals surface area contributed by atoms with Crippen LogP contribution in [0.25, 0.3) is 0 Å². The summed E-state index contributed by atoms with van der Waals surface area (Å²) in [5, 5.41) is 11.2. The number of ether oxygens (including phenoxy) is 1. The lowest BCUT2D eigenvalue weighted by molar-refractivity contribution is -0.384. The zero-order valence-electron chi connectivity index (χ0n) is 11.7. The zero-order valence-corrected chi connectivity index (χ0v) is 11.7. The van der Waals surface area contributed by atoms with Gasteiger partial charge in [-0.05, 0) is 32.4 Å². The van der Waals surface area contributed by atoms with Gasteiger partial charge in [-0.25, -0.2) is 0 Å². The van der Waals surface area contributed by atoms with E-state index >= 15 is 0 Å². The number of anilines is 1. The van der Waals surface area contributed by atoms with E-state index in [2.05, 4.69) is 0 Å². The van der Waals surface area contributed by atoms with Gasteiger partial charge in [-0.1, -0.05) is 0 Å². The molecule has 1 aromatic carbocycles. The van der Waals surface area contributed by atoms with Crippen molar-refractivity contribution in [3.8, 4) is 0 Å². The Labute approximate surface area is 117 Å². The summed E-state index contributed by atoms with van der Waals surface area (Å²) in [7, 11) is 0. The second-order valence-corrected chi connectivity index (χ2v) is 4.99. The van der Waals surface area contributed by atoms with Gasteiger partial charge in [-0.2, -0.15) is 0 Å². The Balaban J connectivity index is 2.47. The molecule has 1 heterocycles. The number of hydrogen-bond donors (Lipinski definition) is 0. The Morgan fingerprint density at radius 1 is 1.50 bits per heavy atom. The third-order valence-corrected chi connectivity index (χ3v) is 3.47. The second-order valence-electron chi connectivity index (χ2n) is 4.99. The van der Waals surface area contributed by atoms with Crippen LogP contribution < -0.4 is 4.90 Å². The lowest BCUT2D eigenvalue weighted by atomic mass is 10.1. The molecule has 6 nitrogen and oxygen atoms in total. The molecule has 108 valence electrons. The van der Waals surface area contributed by atoms with Gasteiger partial charge in [0.15, 0.2) is 5.78 Å². The maximum atomic E-state index is 11.5. The number of carbonyl (C=O) groups excluding carboxylic acids is 1. The summed E-state index contributed by atoms with van der Waals surface area (Å²) in [5.74, 6) is -0.0973. The molecule has 0 spiro atoms. The number of benzene rings is 1. The first-order chi connectivity index (χ1) is 9.50. The van der Waals surface area contributed by atoms with Crippen LogP contribution in [0.1, 0.15) is 30.6 Å². The topological polar surface area (TPSA) is 72.7 Å². The molecule has 0 aromatic heterocycles. The second kappa shape index (κ2) is 6.00. The van der Waals surface area contributed by atoms with Crippen molar-refractivity contribution in [1.29, 1.82) is 0 Å². The van der Waals surface area contributed by atoms with Gasteiger partial charge in [0.25, 0.3) is 5.69 Å². The Morgan fingerprint density at radius 3 is 2.90 bits per heavy atom. The minimum atomic E-state index is -0.405. The lowest BCUT2D eigenvalue weighted by Gasteiger charge is -2.28. The zero-order chi connectivity index (χ0) is 14.7. The standard InChI is InChI=1S/C14H18N2O4/c1-10-9-20-7-3-6-15(10)14-8-12(11(2)17)4-5-13(14)16(18)19/h4-5,8,10H,3,6-7,9H2,1-2H3. The van der Waals surface area contributed by atoms with Crippen molar-refractivity contribution in [1.82, 2.24) is 0 Å². The van der Waals surface area contributed by atoms with Crippen molar-refractivity contribution in [2.45, 2.75) is 26.3 Å². The summed E-state index contributed by atoms with van der Waals surface area (Å²) < 4.78 is 5.46. The van der Waals surface area contributed by atoms with Crippen molar-refractivity contribution in [3.63, 3.8) is 0 Å². The predicted molar refractivity (Wildman–Crippen MR) is 75.3 cm³/mol. The van der Waals surface area contributed by atoms with E-state index in [1.165, 1.54) is 19.1 Å². The molecule has 0 aliphatic carbocycles. The Morgan fingerprint density at radius 2 is 2.25 bits per heavy atom. The van der Waals surface area contributed by atoms with Crippen LogP contribution in [-0.2, 0) is 4.74 Å². The molecule has 1 aliphatic heterocycles. The fraction of sp³-hybridized carbons (Fsp3) is 0.500. The predicted octanol–water partition coefficient (Wildman–Crippen LogP) is 2.41. The number of carbonyl (C=O) groups is 1. The van der Waals surface area contributed by atoms with Crippen LogP contribution in [0.15, 0.2) is 18.2 Å². The summed E-state index contributed by atoms with van der Waals surface area (Å²) in [4.78, 5) is 24.2. The smallest absolute Gasteiger partial charge is 0.292 e. The van der Waals surface area contributed by atoms with Crippen molar-refractivity contribution in [3.05, 3.63) is 33.9 Å². The molecular weight excluding hydrogens is 260 g/mol. The van der Waals surface area contributed by atoms with Crippen molar-refractivity contribution in [2.75, 3.05) is 24.7 Å². The molecule has 1 unspecified atom stereocenters. The number of hydrogen-bond acceptors (Lipinski definition) is 5. The molecule has 0 saturated carbocycles. The normalized spacial score (nSPS) is 19.5. The van der Waals surface area contributed by atoms with E-state index in [9.17, 15) is 14.9 Å². The molecule has 1 fully saturated rings. The molecule has 1 atom stereocenters. The fourth-order valence-corrected chi connectivity index (χ4v) is 2.39. The first kappa shape index (κ1) is 14.5. The minimum absolute atomic E-state index is 0.0312. The number of nitro groups is 1. The number of ketones is 1. The van der Waals surface area contributed by atoms with Crippen molar-refractivity contribution >= 4 is 17.2 Å². The summed E-state index contributed by atoms with van der Waals surface area (Å²) >= 11 is 0. The van der Waals surface area contributed by atoms with Crippen molar-refractivity contribution in [2.24, 2.45) is 0 Å². The largest absolute Gasteiger partial charge is 0.379 e. The van der Waals surface area contributed by atoms with E-state index in [0.29, 0.717) is 31.0 Å². The summed E-state index contributed by atoms with van der Waals surface area (Å²) in [5.41, 5.74) is 1.02. The molecule has 0 amide bonds. The average molecular weight is 278 g/mol. The molecule has 0 bridgehead atoms. The van der Waals surface area contributed by atoms with Gasteiger partial charge in [0.05, 0.1) is 11.5 Å². The quantitative estimate of drug-likeness (QED) is 0.482. The molecule has 20 heavy (non-hydrogen) atoms. The van der Waals surface area contributed by atoms with Crippen LogP contribution in [0.4, 0.5) is 11.4 Å². The maximum absolute atomic E-state index is 11.5. The molecule has 2 rings (SSSR count). The monoisotopic (exact) mass is 278 g/mol. The SMILES string of the molecule is CC(=O)c1ccc([N+](=O)[O-])c(N2CCCOCC2C)c1. The number of nitro benzene ring substituents is 1. The van der Waals surface area contributed by atoms with E-state index in [1.807, 2.05) is 11.8 Å². The first-order valence-electron chi connectivity index (χ1n) is 6.64. The van der Waals surface area contributed by atoms with Crippen LogP contribution in [0.3, 0.4) is 0 Å². The molecular formula is C14H18N2O4. The molecule has 0 N–H and O–H groups in total. The molecule has 6 heteroatoms. The molecule has 1 saturated heterocycles. The Hall–Kier alpha value is -1.95. The number of rotatable bonds is 3. The molecule has 1 aliphatic rings. The van der Waals surface area contributed by atoms with E-state index < -0.39 is 4.92 Å². The highest BCUT2D eigenvalue weighted by Gasteiger charge is 2.25. The van der Waals surface area contributed by atoms with Crippen LogP contribution in [0.2, 0.25) is 0 Å². The van der Waals surface area contributed by atoms with E-state index in [1.54, 1.807) is 6.07 Å². The third kappa shape index (κ3) is 2.96. The van der Waals surface area contributed by atoms with Crippen LogP contribution >= 0.6 is 0 Å².